The largest absolute Gasteiger partial charge is 0.426 e. The number of esters is 1. The van der Waals surface area contributed by atoms with E-state index in [1.165, 1.54) is 18.2 Å². The van der Waals surface area contributed by atoms with Gasteiger partial charge >= 0.3 is 5.97 Å². The Bertz CT molecular complexity index is 848. The molecule has 0 aromatic heterocycles. The number of nitro benzene ring substituents is 1. The predicted molar refractivity (Wildman–Crippen MR) is 90.4 cm³/mol. The van der Waals surface area contributed by atoms with E-state index in [4.69, 9.17) is 4.74 Å². The van der Waals surface area contributed by atoms with Gasteiger partial charge in [-0.3, -0.25) is 19.9 Å². The second kappa shape index (κ2) is 6.82. The first-order chi connectivity index (χ1) is 12.0. The molecule has 0 amide bonds. The van der Waals surface area contributed by atoms with Crippen molar-refractivity contribution in [3.05, 3.63) is 69.8 Å². The van der Waals surface area contributed by atoms with Crippen LogP contribution in [0.4, 0.5) is 5.69 Å². The van der Waals surface area contributed by atoms with E-state index in [1.54, 1.807) is 6.92 Å². The number of hydrogen-bond acceptors (Lipinski definition) is 6. The minimum Gasteiger partial charge on any atom is -0.426 e. The number of aliphatic hydroxyl groups excluding tert-OH is 1. The number of rotatable bonds is 4. The Labute approximate surface area is 143 Å². The Morgan fingerprint density at radius 3 is 2.68 bits per heavy atom. The number of non-ortho nitro benzene ring substituents is 1. The molecule has 2 aromatic carbocycles. The van der Waals surface area contributed by atoms with Crippen molar-refractivity contribution in [3.8, 4) is 5.75 Å². The highest BCUT2D eigenvalue weighted by Crippen LogP contribution is 2.38. The maximum atomic E-state index is 12.2. The van der Waals surface area contributed by atoms with Gasteiger partial charge in [-0.05, 0) is 18.6 Å². The molecule has 7 heteroatoms. The van der Waals surface area contributed by atoms with Gasteiger partial charge in [0.25, 0.3) is 5.69 Å². The number of fused-ring (bicyclic) bond motifs is 1. The molecule has 0 aliphatic carbocycles. The number of ether oxygens (including phenoxy) is 1. The van der Waals surface area contributed by atoms with Crippen molar-refractivity contribution in [3.63, 3.8) is 0 Å². The molecule has 1 aliphatic heterocycles. The molecule has 0 saturated carbocycles. The van der Waals surface area contributed by atoms with Crippen molar-refractivity contribution < 1.29 is 19.6 Å². The molecule has 128 valence electrons. The highest BCUT2D eigenvalue weighted by Gasteiger charge is 2.39. The monoisotopic (exact) mass is 340 g/mol. The Kier molecular flexibility index (Phi) is 4.58. The highest BCUT2D eigenvalue weighted by atomic mass is 16.6. The quantitative estimate of drug-likeness (QED) is 0.303. The van der Waals surface area contributed by atoms with Gasteiger partial charge < -0.3 is 9.84 Å². The number of carbonyl (C=O) groups is 1. The fourth-order valence-corrected chi connectivity index (χ4v) is 2.75. The molecule has 1 aliphatic rings. The minimum atomic E-state index is -1.24. The summed E-state index contributed by atoms with van der Waals surface area (Å²) in [6.07, 6.45) is -1.24. The first kappa shape index (κ1) is 16.8. The van der Waals surface area contributed by atoms with E-state index in [-0.39, 0.29) is 17.0 Å². The zero-order valence-corrected chi connectivity index (χ0v) is 13.5. The molecule has 2 atom stereocenters. The van der Waals surface area contributed by atoms with E-state index in [0.717, 1.165) is 5.56 Å². The molecular formula is C18H16N2O5. The molecular weight excluding hydrogens is 324 g/mol. The predicted octanol–water partition coefficient (Wildman–Crippen LogP) is 2.82. The fraction of sp³-hybridized carbons (Fsp3) is 0.222. The summed E-state index contributed by atoms with van der Waals surface area (Å²) >= 11 is 0. The van der Waals surface area contributed by atoms with Gasteiger partial charge in [0.2, 0.25) is 0 Å². The maximum absolute atomic E-state index is 12.2. The lowest BCUT2D eigenvalue weighted by molar-refractivity contribution is -0.385. The molecule has 25 heavy (non-hydrogen) atoms. The van der Waals surface area contributed by atoms with E-state index in [9.17, 15) is 20.0 Å². The summed E-state index contributed by atoms with van der Waals surface area (Å²) in [6, 6.07) is 13.3. The van der Waals surface area contributed by atoms with E-state index < -0.39 is 22.9 Å². The lowest BCUT2D eigenvalue weighted by Crippen LogP contribution is -2.36. The van der Waals surface area contributed by atoms with Gasteiger partial charge in [0.15, 0.2) is 0 Å². The summed E-state index contributed by atoms with van der Waals surface area (Å²) < 4.78 is 5.22. The average Bonchev–Trinajstić information content (AvgIpc) is 2.60. The second-order valence-corrected chi connectivity index (χ2v) is 5.77. The molecule has 2 aromatic rings. The maximum Gasteiger partial charge on any atom is 0.323 e. The minimum absolute atomic E-state index is 0.134. The van der Waals surface area contributed by atoms with Crippen LogP contribution >= 0.6 is 0 Å². The van der Waals surface area contributed by atoms with Crippen molar-refractivity contribution in [1.29, 1.82) is 0 Å². The Hall–Kier alpha value is -3.06. The molecule has 0 bridgehead atoms. The molecule has 1 heterocycles. The first-order valence-electron chi connectivity index (χ1n) is 7.70. The SMILES string of the molecule is CC(=NCc1ccccc1)C1C(=O)Oc2ccc([N+](=O)[O-])cc2C1O. The standard InChI is InChI=1S/C18H16N2O5/c1-11(19-10-12-5-3-2-4-6-12)16-17(21)14-9-13(20(23)24)7-8-15(14)25-18(16)22/h2-9,16-17,21H,10H2,1H3. The van der Waals surface area contributed by atoms with Gasteiger partial charge in [0.1, 0.15) is 17.8 Å². The normalized spacial score (nSPS) is 19.9. The number of hydrogen-bond donors (Lipinski definition) is 1. The van der Waals surface area contributed by atoms with Crippen LogP contribution in [0.5, 0.6) is 5.75 Å². The smallest absolute Gasteiger partial charge is 0.323 e. The number of aliphatic imine (C=N–C) groups is 1. The van der Waals surface area contributed by atoms with Crippen LogP contribution in [0.1, 0.15) is 24.2 Å². The van der Waals surface area contributed by atoms with E-state index in [1.807, 2.05) is 30.3 Å². The average molecular weight is 340 g/mol. The summed E-state index contributed by atoms with van der Waals surface area (Å²) in [4.78, 5) is 27.0. The van der Waals surface area contributed by atoms with Crippen molar-refractivity contribution in [1.82, 2.24) is 0 Å². The zero-order chi connectivity index (χ0) is 18.0. The van der Waals surface area contributed by atoms with Gasteiger partial charge in [0.05, 0.1) is 11.5 Å². The number of nitrogens with zero attached hydrogens (tertiary/aromatic N) is 2. The summed E-state index contributed by atoms with van der Waals surface area (Å²) in [5, 5.41) is 21.5. The third-order valence-corrected chi connectivity index (χ3v) is 4.11. The first-order valence-corrected chi connectivity index (χ1v) is 7.70. The van der Waals surface area contributed by atoms with Crippen molar-refractivity contribution in [2.45, 2.75) is 19.6 Å². The van der Waals surface area contributed by atoms with Crippen LogP contribution < -0.4 is 4.74 Å². The van der Waals surface area contributed by atoms with Crippen LogP contribution in [0.2, 0.25) is 0 Å². The molecule has 2 unspecified atom stereocenters. The highest BCUT2D eigenvalue weighted by molar-refractivity contribution is 6.03. The van der Waals surface area contributed by atoms with Crippen molar-refractivity contribution >= 4 is 17.4 Å². The zero-order valence-electron chi connectivity index (χ0n) is 13.5. The fourth-order valence-electron chi connectivity index (χ4n) is 2.75. The second-order valence-electron chi connectivity index (χ2n) is 5.77. The van der Waals surface area contributed by atoms with Crippen LogP contribution in [-0.4, -0.2) is 21.7 Å². The summed E-state index contributed by atoms with van der Waals surface area (Å²) in [5.41, 5.74) is 1.43. The topological polar surface area (TPSA) is 102 Å². The Balaban J connectivity index is 1.88. The Morgan fingerprint density at radius 1 is 1.28 bits per heavy atom. The summed E-state index contributed by atoms with van der Waals surface area (Å²) in [5.74, 6) is -1.48. The summed E-state index contributed by atoms with van der Waals surface area (Å²) in [6.45, 7) is 2.01. The van der Waals surface area contributed by atoms with Crippen LogP contribution in [0.15, 0.2) is 53.5 Å². The third kappa shape index (κ3) is 3.41. The van der Waals surface area contributed by atoms with Gasteiger partial charge in [-0.1, -0.05) is 30.3 Å². The molecule has 0 radical (unpaired) electrons. The number of carbonyl (C=O) groups excluding carboxylic acids is 1. The van der Waals surface area contributed by atoms with Gasteiger partial charge in [0, 0.05) is 23.4 Å². The van der Waals surface area contributed by atoms with Crippen molar-refractivity contribution in [2.24, 2.45) is 10.9 Å². The van der Waals surface area contributed by atoms with Crippen LogP contribution in [0.3, 0.4) is 0 Å². The van der Waals surface area contributed by atoms with Crippen LogP contribution in [-0.2, 0) is 11.3 Å². The van der Waals surface area contributed by atoms with E-state index >= 15 is 0 Å². The molecule has 0 spiro atoms. The number of aliphatic hydroxyl groups is 1. The van der Waals surface area contributed by atoms with Crippen molar-refractivity contribution in [2.75, 3.05) is 0 Å². The number of benzene rings is 2. The lowest BCUT2D eigenvalue weighted by Gasteiger charge is -2.28. The molecule has 1 N–H and O–H groups in total. The Morgan fingerprint density at radius 2 is 2.00 bits per heavy atom. The molecule has 0 fully saturated rings. The lowest BCUT2D eigenvalue weighted by atomic mass is 9.89. The molecule has 7 nitrogen and oxygen atoms in total. The molecule has 0 saturated heterocycles. The van der Waals surface area contributed by atoms with Gasteiger partial charge in [-0.25, -0.2) is 0 Å². The van der Waals surface area contributed by atoms with Gasteiger partial charge in [-0.2, -0.15) is 0 Å². The number of nitro groups is 1. The summed E-state index contributed by atoms with van der Waals surface area (Å²) in [7, 11) is 0. The van der Waals surface area contributed by atoms with E-state index in [0.29, 0.717) is 12.3 Å². The van der Waals surface area contributed by atoms with E-state index in [2.05, 4.69) is 4.99 Å². The molecule has 3 rings (SSSR count). The van der Waals surface area contributed by atoms with Gasteiger partial charge in [-0.15, -0.1) is 0 Å². The third-order valence-electron chi connectivity index (χ3n) is 4.11. The van der Waals surface area contributed by atoms with Crippen LogP contribution in [0.25, 0.3) is 0 Å². The van der Waals surface area contributed by atoms with Crippen LogP contribution in [0, 0.1) is 16.0 Å².